The average Bonchev–Trinajstić information content (AvgIpc) is 2.46. The molecule has 0 amide bonds. The van der Waals surface area contributed by atoms with Gasteiger partial charge in [-0.25, -0.2) is 0 Å². The minimum absolute atomic E-state index is 0.310. The van der Waals surface area contributed by atoms with Crippen LogP contribution in [-0.2, 0) is 5.75 Å². The first-order chi connectivity index (χ1) is 10.0. The van der Waals surface area contributed by atoms with Crippen LogP contribution in [0.5, 0.6) is 0 Å². The van der Waals surface area contributed by atoms with Crippen molar-refractivity contribution in [2.24, 2.45) is 0 Å². The van der Waals surface area contributed by atoms with Gasteiger partial charge in [0.1, 0.15) is 5.54 Å². The van der Waals surface area contributed by atoms with Crippen LogP contribution in [0, 0.1) is 18.3 Å². The van der Waals surface area contributed by atoms with Crippen LogP contribution in [0.1, 0.15) is 50.7 Å². The summed E-state index contributed by atoms with van der Waals surface area (Å²) in [6.07, 6.45) is 4.35. The van der Waals surface area contributed by atoms with Gasteiger partial charge < -0.3 is 0 Å². The fourth-order valence-electron chi connectivity index (χ4n) is 3.16. The van der Waals surface area contributed by atoms with Crippen LogP contribution < -0.4 is 5.32 Å². The highest BCUT2D eigenvalue weighted by molar-refractivity contribution is 7.99. The van der Waals surface area contributed by atoms with Gasteiger partial charge in [-0.2, -0.15) is 17.0 Å². The number of nitrogens with zero attached hydrogens (tertiary/aromatic N) is 1. The first kappa shape index (κ1) is 16.4. The summed E-state index contributed by atoms with van der Waals surface area (Å²) >= 11 is 2.02. The predicted molar refractivity (Wildman–Crippen MR) is 91.3 cm³/mol. The predicted octanol–water partition coefficient (Wildman–Crippen LogP) is 4.43. The number of thioether (sulfide) groups is 1. The van der Waals surface area contributed by atoms with Gasteiger partial charge in [0.2, 0.25) is 0 Å². The molecule has 1 N–H and O–H groups in total. The molecule has 1 saturated carbocycles. The molecule has 114 valence electrons. The van der Waals surface area contributed by atoms with Crippen LogP contribution in [0.3, 0.4) is 0 Å². The van der Waals surface area contributed by atoms with Crippen molar-refractivity contribution in [1.29, 1.82) is 5.26 Å². The highest BCUT2D eigenvalue weighted by atomic mass is 32.2. The van der Waals surface area contributed by atoms with Crippen molar-refractivity contribution in [1.82, 2.24) is 5.32 Å². The van der Waals surface area contributed by atoms with E-state index >= 15 is 0 Å². The van der Waals surface area contributed by atoms with Crippen molar-refractivity contribution in [2.75, 3.05) is 0 Å². The Hall–Kier alpha value is -0.980. The molecule has 0 radical (unpaired) electrons. The summed E-state index contributed by atoms with van der Waals surface area (Å²) in [5.74, 6) is 1.06. The zero-order valence-electron chi connectivity index (χ0n) is 13.4. The third-order valence-corrected chi connectivity index (χ3v) is 5.57. The molecule has 2 atom stereocenters. The average molecular weight is 302 g/mol. The smallest absolute Gasteiger partial charge is 0.108 e. The Bertz CT molecular complexity index is 506. The molecule has 0 aromatic heterocycles. The summed E-state index contributed by atoms with van der Waals surface area (Å²) in [7, 11) is 0. The quantitative estimate of drug-likeness (QED) is 0.874. The van der Waals surface area contributed by atoms with Crippen molar-refractivity contribution in [3.63, 3.8) is 0 Å². The molecule has 0 saturated heterocycles. The molecule has 2 nitrogen and oxygen atoms in total. The largest absolute Gasteiger partial charge is 0.297 e. The summed E-state index contributed by atoms with van der Waals surface area (Å²) in [6.45, 7) is 6.43. The van der Waals surface area contributed by atoms with E-state index in [1.165, 1.54) is 17.5 Å². The topological polar surface area (TPSA) is 35.8 Å². The SMILES string of the molecule is Cc1ccccc1CSC1CCCC(C#N)(NC(C)C)C1. The number of aryl methyl sites for hydroxylation is 1. The molecular weight excluding hydrogens is 276 g/mol. The Morgan fingerprint density at radius 2 is 2.19 bits per heavy atom. The fraction of sp³-hybridized carbons (Fsp3) is 0.611. The van der Waals surface area contributed by atoms with E-state index in [9.17, 15) is 5.26 Å². The first-order valence-electron chi connectivity index (χ1n) is 7.90. The van der Waals surface area contributed by atoms with E-state index < -0.39 is 0 Å². The molecule has 1 aliphatic carbocycles. The standard InChI is InChI=1S/C18H26N2S/c1-14(2)20-18(13-19)10-6-9-17(11-18)21-12-16-8-5-4-7-15(16)3/h4-5,7-8,14,17,20H,6,9-12H2,1-3H3. The zero-order valence-corrected chi connectivity index (χ0v) is 14.2. The molecule has 0 bridgehead atoms. The van der Waals surface area contributed by atoms with Crippen LogP contribution in [0.15, 0.2) is 24.3 Å². The fourth-order valence-corrected chi connectivity index (χ4v) is 4.64. The van der Waals surface area contributed by atoms with E-state index in [2.05, 4.69) is 56.4 Å². The Labute approximate surface area is 133 Å². The maximum atomic E-state index is 9.62. The Balaban J connectivity index is 1.95. The van der Waals surface area contributed by atoms with Crippen LogP contribution >= 0.6 is 11.8 Å². The van der Waals surface area contributed by atoms with E-state index in [0.29, 0.717) is 11.3 Å². The molecule has 0 aliphatic heterocycles. The molecule has 0 spiro atoms. The minimum Gasteiger partial charge on any atom is -0.297 e. The lowest BCUT2D eigenvalue weighted by atomic mass is 9.82. The number of rotatable bonds is 5. The van der Waals surface area contributed by atoms with Crippen LogP contribution in [0.25, 0.3) is 0 Å². The van der Waals surface area contributed by atoms with E-state index in [4.69, 9.17) is 0 Å². The van der Waals surface area contributed by atoms with Gasteiger partial charge in [-0.1, -0.05) is 24.3 Å². The second kappa shape index (κ2) is 7.33. The van der Waals surface area contributed by atoms with Gasteiger partial charge in [0.05, 0.1) is 6.07 Å². The lowest BCUT2D eigenvalue weighted by Gasteiger charge is -2.37. The maximum Gasteiger partial charge on any atom is 0.108 e. The van der Waals surface area contributed by atoms with Crippen molar-refractivity contribution in [2.45, 2.75) is 69.0 Å². The molecule has 1 fully saturated rings. The molecular formula is C18H26N2S. The summed E-state index contributed by atoms with van der Waals surface area (Å²) in [4.78, 5) is 0. The van der Waals surface area contributed by atoms with Crippen LogP contribution in [0.4, 0.5) is 0 Å². The summed E-state index contributed by atoms with van der Waals surface area (Å²) in [5, 5.41) is 13.7. The van der Waals surface area contributed by atoms with Gasteiger partial charge in [-0.15, -0.1) is 0 Å². The van der Waals surface area contributed by atoms with E-state index in [-0.39, 0.29) is 5.54 Å². The highest BCUT2D eigenvalue weighted by Crippen LogP contribution is 2.36. The van der Waals surface area contributed by atoms with Gasteiger partial charge >= 0.3 is 0 Å². The second-order valence-electron chi connectivity index (χ2n) is 6.45. The van der Waals surface area contributed by atoms with Crippen LogP contribution in [-0.4, -0.2) is 16.8 Å². The number of nitriles is 1. The Kier molecular flexibility index (Phi) is 5.72. The van der Waals surface area contributed by atoms with Gasteiger partial charge in [0.25, 0.3) is 0 Å². The molecule has 1 aliphatic rings. The number of hydrogen-bond donors (Lipinski definition) is 1. The molecule has 0 heterocycles. The number of nitrogens with one attached hydrogen (secondary N) is 1. The van der Waals surface area contributed by atoms with Crippen molar-refractivity contribution in [3.8, 4) is 6.07 Å². The summed E-state index contributed by atoms with van der Waals surface area (Å²) in [5.41, 5.74) is 2.48. The maximum absolute atomic E-state index is 9.62. The molecule has 1 aromatic rings. The monoisotopic (exact) mass is 302 g/mol. The van der Waals surface area contributed by atoms with Crippen LogP contribution in [0.2, 0.25) is 0 Å². The third kappa shape index (κ3) is 4.49. The lowest BCUT2D eigenvalue weighted by molar-refractivity contribution is 0.284. The molecule has 21 heavy (non-hydrogen) atoms. The number of benzene rings is 1. The van der Waals surface area contributed by atoms with E-state index in [1.54, 1.807) is 0 Å². The highest BCUT2D eigenvalue weighted by Gasteiger charge is 2.36. The molecule has 3 heteroatoms. The molecule has 1 aromatic carbocycles. The minimum atomic E-state index is -0.310. The normalized spacial score (nSPS) is 25.8. The Morgan fingerprint density at radius 3 is 2.86 bits per heavy atom. The van der Waals surface area contributed by atoms with Crippen molar-refractivity contribution >= 4 is 11.8 Å². The van der Waals surface area contributed by atoms with Gasteiger partial charge in [0, 0.05) is 17.0 Å². The van der Waals surface area contributed by atoms with Gasteiger partial charge in [0.15, 0.2) is 0 Å². The number of hydrogen-bond acceptors (Lipinski definition) is 3. The summed E-state index contributed by atoms with van der Waals surface area (Å²) in [6, 6.07) is 11.5. The van der Waals surface area contributed by atoms with Crippen molar-refractivity contribution < 1.29 is 0 Å². The Morgan fingerprint density at radius 1 is 1.43 bits per heavy atom. The molecule has 2 unspecified atom stereocenters. The van der Waals surface area contributed by atoms with Crippen molar-refractivity contribution in [3.05, 3.63) is 35.4 Å². The first-order valence-corrected chi connectivity index (χ1v) is 8.94. The van der Waals surface area contributed by atoms with E-state index in [0.717, 1.165) is 25.0 Å². The zero-order chi connectivity index (χ0) is 15.3. The lowest BCUT2D eigenvalue weighted by Crippen LogP contribution is -2.51. The summed E-state index contributed by atoms with van der Waals surface area (Å²) < 4.78 is 0. The van der Waals surface area contributed by atoms with Gasteiger partial charge in [-0.05, 0) is 57.6 Å². The second-order valence-corrected chi connectivity index (χ2v) is 7.74. The third-order valence-electron chi connectivity index (χ3n) is 4.22. The van der Waals surface area contributed by atoms with Gasteiger partial charge in [-0.3, -0.25) is 5.32 Å². The van der Waals surface area contributed by atoms with E-state index in [1.807, 2.05) is 11.8 Å². The molecule has 2 rings (SSSR count).